The average molecular weight is 469 g/mol. The van der Waals surface area contributed by atoms with E-state index in [0.717, 1.165) is 9.87 Å². The SMILES string of the molecule is CCOc1cccc(CNC(=O)CN(c2ccccc2OCC)S(=O)(=O)c2ccccc2)c1. The van der Waals surface area contributed by atoms with Crippen molar-refractivity contribution in [2.45, 2.75) is 25.3 Å². The molecule has 0 saturated carbocycles. The molecular weight excluding hydrogens is 440 g/mol. The lowest BCUT2D eigenvalue weighted by atomic mass is 10.2. The minimum atomic E-state index is -4.01. The van der Waals surface area contributed by atoms with Gasteiger partial charge in [-0.05, 0) is 55.8 Å². The summed E-state index contributed by atoms with van der Waals surface area (Å²) in [6.07, 6.45) is 0. The molecule has 3 aromatic rings. The van der Waals surface area contributed by atoms with Gasteiger partial charge in [-0.25, -0.2) is 8.42 Å². The summed E-state index contributed by atoms with van der Waals surface area (Å²) in [4.78, 5) is 13.0. The fraction of sp³-hybridized carbons (Fsp3) is 0.240. The number of carbonyl (C=O) groups excluding carboxylic acids is 1. The first kappa shape index (κ1) is 24.1. The van der Waals surface area contributed by atoms with Crippen molar-refractivity contribution >= 4 is 21.6 Å². The van der Waals surface area contributed by atoms with E-state index in [0.29, 0.717) is 30.4 Å². The fourth-order valence-corrected chi connectivity index (χ4v) is 4.71. The molecule has 0 aliphatic rings. The third-order valence-electron chi connectivity index (χ3n) is 4.75. The molecule has 0 aliphatic carbocycles. The number of nitrogens with one attached hydrogen (secondary N) is 1. The van der Waals surface area contributed by atoms with Gasteiger partial charge >= 0.3 is 0 Å². The highest BCUT2D eigenvalue weighted by molar-refractivity contribution is 7.92. The van der Waals surface area contributed by atoms with Crippen molar-refractivity contribution in [3.05, 3.63) is 84.4 Å². The molecule has 8 heteroatoms. The molecule has 0 atom stereocenters. The molecule has 174 valence electrons. The number of amides is 1. The van der Waals surface area contributed by atoms with E-state index in [4.69, 9.17) is 9.47 Å². The van der Waals surface area contributed by atoms with Gasteiger partial charge in [0.2, 0.25) is 5.91 Å². The van der Waals surface area contributed by atoms with Crippen LogP contribution in [-0.2, 0) is 21.4 Å². The van der Waals surface area contributed by atoms with E-state index < -0.39 is 22.5 Å². The van der Waals surface area contributed by atoms with Crippen LogP contribution in [0.2, 0.25) is 0 Å². The minimum Gasteiger partial charge on any atom is -0.494 e. The highest BCUT2D eigenvalue weighted by Crippen LogP contribution is 2.32. The van der Waals surface area contributed by atoms with Crippen LogP contribution < -0.4 is 19.1 Å². The van der Waals surface area contributed by atoms with E-state index in [9.17, 15) is 13.2 Å². The van der Waals surface area contributed by atoms with Crippen LogP contribution in [0.4, 0.5) is 5.69 Å². The van der Waals surface area contributed by atoms with Crippen molar-refractivity contribution in [2.75, 3.05) is 24.1 Å². The second kappa shape index (κ2) is 11.4. The highest BCUT2D eigenvalue weighted by atomic mass is 32.2. The standard InChI is InChI=1S/C25H28N2O5S/c1-3-31-21-12-10-11-20(17-21)18-26-25(28)19-27(23-15-8-9-16-24(23)32-4-2)33(29,30)22-13-6-5-7-14-22/h5-17H,3-4,18-19H2,1-2H3,(H,26,28). The normalized spacial score (nSPS) is 11.0. The lowest BCUT2D eigenvalue weighted by molar-refractivity contribution is -0.119. The fourth-order valence-electron chi connectivity index (χ4n) is 3.26. The molecular formula is C25H28N2O5S. The molecule has 0 fully saturated rings. The van der Waals surface area contributed by atoms with Crippen molar-refractivity contribution in [1.29, 1.82) is 0 Å². The summed E-state index contributed by atoms with van der Waals surface area (Å²) < 4.78 is 39.2. The Morgan fingerprint density at radius 1 is 0.879 bits per heavy atom. The van der Waals surface area contributed by atoms with E-state index in [-0.39, 0.29) is 11.4 Å². The summed E-state index contributed by atoms with van der Waals surface area (Å²) in [7, 11) is -4.01. The Labute approximate surface area is 195 Å². The smallest absolute Gasteiger partial charge is 0.264 e. The van der Waals surface area contributed by atoms with Gasteiger partial charge in [-0.1, -0.05) is 42.5 Å². The molecule has 3 rings (SSSR count). The molecule has 1 amide bonds. The van der Waals surface area contributed by atoms with Crippen LogP contribution >= 0.6 is 0 Å². The summed E-state index contributed by atoms with van der Waals surface area (Å²) in [6, 6.07) is 22.2. The number of sulfonamides is 1. The van der Waals surface area contributed by atoms with Gasteiger partial charge in [0.15, 0.2) is 0 Å². The molecule has 33 heavy (non-hydrogen) atoms. The maximum absolute atomic E-state index is 13.5. The Kier molecular flexibility index (Phi) is 8.32. The van der Waals surface area contributed by atoms with Crippen molar-refractivity contribution in [3.63, 3.8) is 0 Å². The monoisotopic (exact) mass is 468 g/mol. The Morgan fingerprint density at radius 3 is 2.30 bits per heavy atom. The van der Waals surface area contributed by atoms with Gasteiger partial charge in [0, 0.05) is 6.54 Å². The minimum absolute atomic E-state index is 0.0912. The predicted octanol–water partition coefficient (Wildman–Crippen LogP) is 4.00. The van der Waals surface area contributed by atoms with E-state index in [1.54, 1.807) is 42.5 Å². The molecule has 0 spiro atoms. The van der Waals surface area contributed by atoms with Crippen LogP contribution in [0.3, 0.4) is 0 Å². The first-order valence-corrected chi connectivity index (χ1v) is 12.2. The van der Waals surface area contributed by atoms with Gasteiger partial charge in [-0.3, -0.25) is 9.10 Å². The van der Waals surface area contributed by atoms with E-state index >= 15 is 0 Å². The first-order valence-electron chi connectivity index (χ1n) is 10.7. The average Bonchev–Trinajstić information content (AvgIpc) is 2.83. The molecule has 0 heterocycles. The zero-order valence-electron chi connectivity index (χ0n) is 18.7. The quantitative estimate of drug-likeness (QED) is 0.460. The van der Waals surface area contributed by atoms with Gasteiger partial charge in [0.05, 0.1) is 23.8 Å². The largest absolute Gasteiger partial charge is 0.494 e. The number of hydrogen-bond acceptors (Lipinski definition) is 5. The number of hydrogen-bond donors (Lipinski definition) is 1. The van der Waals surface area contributed by atoms with Crippen LogP contribution in [-0.4, -0.2) is 34.1 Å². The maximum atomic E-state index is 13.5. The molecule has 0 aromatic heterocycles. The van der Waals surface area contributed by atoms with Crippen molar-refractivity contribution < 1.29 is 22.7 Å². The van der Waals surface area contributed by atoms with Gasteiger partial charge in [0.25, 0.3) is 10.0 Å². The second-order valence-corrected chi connectivity index (χ2v) is 8.94. The second-order valence-electron chi connectivity index (χ2n) is 7.08. The molecule has 7 nitrogen and oxygen atoms in total. The number of nitrogens with zero attached hydrogens (tertiary/aromatic N) is 1. The Morgan fingerprint density at radius 2 is 1.58 bits per heavy atom. The van der Waals surface area contributed by atoms with Gasteiger partial charge < -0.3 is 14.8 Å². The number of para-hydroxylation sites is 2. The third kappa shape index (κ3) is 6.26. The van der Waals surface area contributed by atoms with E-state index in [1.165, 1.54) is 12.1 Å². The predicted molar refractivity (Wildman–Crippen MR) is 128 cm³/mol. The van der Waals surface area contributed by atoms with Gasteiger partial charge in [-0.15, -0.1) is 0 Å². The van der Waals surface area contributed by atoms with E-state index in [2.05, 4.69) is 5.32 Å². The molecule has 1 N–H and O–H groups in total. The Balaban J connectivity index is 1.86. The van der Waals surface area contributed by atoms with E-state index in [1.807, 2.05) is 38.1 Å². The summed E-state index contributed by atoms with van der Waals surface area (Å²) in [5.74, 6) is 0.655. The maximum Gasteiger partial charge on any atom is 0.264 e. The third-order valence-corrected chi connectivity index (χ3v) is 6.53. The summed E-state index contributed by atoms with van der Waals surface area (Å²) in [6.45, 7) is 4.46. The summed E-state index contributed by atoms with van der Waals surface area (Å²) >= 11 is 0. The lowest BCUT2D eigenvalue weighted by Gasteiger charge is -2.26. The van der Waals surface area contributed by atoms with Crippen molar-refractivity contribution in [1.82, 2.24) is 5.32 Å². The Hall–Kier alpha value is -3.52. The molecule has 0 bridgehead atoms. The molecule has 0 aliphatic heterocycles. The van der Waals surface area contributed by atoms with Crippen LogP contribution in [0.15, 0.2) is 83.8 Å². The van der Waals surface area contributed by atoms with Crippen LogP contribution in [0.25, 0.3) is 0 Å². The number of ether oxygens (including phenoxy) is 2. The lowest BCUT2D eigenvalue weighted by Crippen LogP contribution is -2.40. The van der Waals surface area contributed by atoms with Crippen molar-refractivity contribution in [3.8, 4) is 11.5 Å². The Bertz CT molecular complexity index is 1170. The topological polar surface area (TPSA) is 84.9 Å². The zero-order chi connectivity index (χ0) is 23.7. The number of anilines is 1. The van der Waals surface area contributed by atoms with Crippen LogP contribution in [0.1, 0.15) is 19.4 Å². The summed E-state index contributed by atoms with van der Waals surface area (Å²) in [5.41, 5.74) is 1.15. The molecule has 0 unspecified atom stereocenters. The molecule has 3 aromatic carbocycles. The zero-order valence-corrected chi connectivity index (χ0v) is 19.5. The van der Waals surface area contributed by atoms with Gasteiger partial charge in [-0.2, -0.15) is 0 Å². The summed E-state index contributed by atoms with van der Waals surface area (Å²) in [5, 5.41) is 2.80. The number of carbonyl (C=O) groups is 1. The highest BCUT2D eigenvalue weighted by Gasteiger charge is 2.29. The number of rotatable bonds is 11. The van der Waals surface area contributed by atoms with Crippen LogP contribution in [0, 0.1) is 0 Å². The molecule has 0 saturated heterocycles. The first-order chi connectivity index (χ1) is 16.0. The van der Waals surface area contributed by atoms with Crippen LogP contribution in [0.5, 0.6) is 11.5 Å². The number of benzene rings is 3. The van der Waals surface area contributed by atoms with Gasteiger partial charge in [0.1, 0.15) is 18.0 Å². The molecule has 0 radical (unpaired) electrons. The van der Waals surface area contributed by atoms with Crippen molar-refractivity contribution in [2.24, 2.45) is 0 Å².